The summed E-state index contributed by atoms with van der Waals surface area (Å²) in [5.74, 6) is 0.206. The Morgan fingerprint density at radius 1 is 0.958 bits per heavy atom. The number of anilines is 1. The smallest absolute Gasteiger partial charge is 0.384 e. The van der Waals surface area contributed by atoms with E-state index < -0.39 is 11.7 Å². The highest BCUT2D eigenvalue weighted by atomic mass is 35.5. The highest BCUT2D eigenvalue weighted by Crippen LogP contribution is 2.38. The Kier molecular flexibility index (Phi) is 4.19. The maximum atomic E-state index is 12.8. The van der Waals surface area contributed by atoms with Crippen LogP contribution in [0, 0.1) is 0 Å². The van der Waals surface area contributed by atoms with Gasteiger partial charge >= 0.3 is 6.18 Å². The molecule has 0 saturated carbocycles. The van der Waals surface area contributed by atoms with E-state index in [-0.39, 0.29) is 21.6 Å². The normalized spacial score (nSPS) is 11.7. The van der Waals surface area contributed by atoms with E-state index in [0.717, 1.165) is 17.7 Å². The van der Waals surface area contributed by atoms with E-state index in [1.165, 1.54) is 4.68 Å². The molecule has 0 atom stereocenters. The number of hydrogen-bond donors (Lipinski definition) is 1. The lowest BCUT2D eigenvalue weighted by atomic mass is 10.2. The van der Waals surface area contributed by atoms with Gasteiger partial charge in [-0.25, -0.2) is 4.68 Å². The molecule has 2 N–H and O–H groups in total. The van der Waals surface area contributed by atoms with Crippen LogP contribution in [0.4, 0.5) is 19.0 Å². The number of alkyl halides is 3. The average Bonchev–Trinajstić information content (AvgIpc) is 2.88. The fourth-order valence-corrected chi connectivity index (χ4v) is 2.90. The average molecular weight is 372 g/mol. The fourth-order valence-electron chi connectivity index (χ4n) is 2.26. The third-order valence-electron chi connectivity index (χ3n) is 3.36. The summed E-state index contributed by atoms with van der Waals surface area (Å²) in [6.07, 6.45) is -4.54. The monoisotopic (exact) mass is 371 g/mol. The molecule has 0 radical (unpaired) electrons. The molecule has 3 aromatic rings. The predicted molar refractivity (Wildman–Crippen MR) is 88.4 cm³/mol. The van der Waals surface area contributed by atoms with Crippen molar-refractivity contribution in [1.29, 1.82) is 0 Å². The molecule has 3 nitrogen and oxygen atoms in total. The van der Waals surface area contributed by atoms with Gasteiger partial charge in [0.2, 0.25) is 0 Å². The molecule has 0 aliphatic rings. The molecule has 0 fully saturated rings. The first-order valence-corrected chi connectivity index (χ1v) is 7.50. The number of benzene rings is 2. The van der Waals surface area contributed by atoms with Crippen molar-refractivity contribution in [2.24, 2.45) is 0 Å². The zero-order valence-electron chi connectivity index (χ0n) is 12.0. The van der Waals surface area contributed by atoms with Crippen LogP contribution in [-0.2, 0) is 6.18 Å². The molecule has 0 bridgehead atoms. The number of nitrogen functional groups attached to an aromatic ring is 1. The number of halogens is 5. The summed E-state index contributed by atoms with van der Waals surface area (Å²) in [5, 5.41) is 3.92. The predicted octanol–water partition coefficient (Wildman–Crippen LogP) is 5.45. The molecule has 0 saturated heterocycles. The molecule has 0 amide bonds. The SMILES string of the molecule is Nc1cc(-c2ccccc2)nn1-c1c(Cl)cc(C(F)(F)F)cc1Cl. The van der Waals surface area contributed by atoms with Gasteiger partial charge in [0, 0.05) is 11.6 Å². The minimum atomic E-state index is -4.54. The van der Waals surface area contributed by atoms with E-state index in [9.17, 15) is 13.2 Å². The number of aromatic nitrogens is 2. The largest absolute Gasteiger partial charge is 0.416 e. The van der Waals surface area contributed by atoms with Gasteiger partial charge in [-0.2, -0.15) is 18.3 Å². The summed E-state index contributed by atoms with van der Waals surface area (Å²) >= 11 is 12.0. The van der Waals surface area contributed by atoms with E-state index in [2.05, 4.69) is 5.10 Å². The van der Waals surface area contributed by atoms with Gasteiger partial charge in [-0.15, -0.1) is 0 Å². The Labute approximate surface area is 145 Å². The van der Waals surface area contributed by atoms with Gasteiger partial charge < -0.3 is 5.73 Å². The lowest BCUT2D eigenvalue weighted by molar-refractivity contribution is -0.137. The van der Waals surface area contributed by atoms with Crippen LogP contribution >= 0.6 is 23.2 Å². The number of rotatable bonds is 2. The van der Waals surface area contributed by atoms with Crippen LogP contribution in [0.2, 0.25) is 10.0 Å². The highest BCUT2D eigenvalue weighted by molar-refractivity contribution is 6.38. The van der Waals surface area contributed by atoms with Gasteiger partial charge in [-0.3, -0.25) is 0 Å². The van der Waals surface area contributed by atoms with Crippen molar-refractivity contribution in [2.45, 2.75) is 6.18 Å². The summed E-state index contributed by atoms with van der Waals surface area (Å²) in [4.78, 5) is 0. The number of nitrogens with two attached hydrogens (primary N) is 1. The van der Waals surface area contributed by atoms with E-state index in [0.29, 0.717) is 5.69 Å². The molecule has 1 heterocycles. The molecule has 2 aromatic carbocycles. The van der Waals surface area contributed by atoms with Crippen molar-refractivity contribution < 1.29 is 13.2 Å². The molecule has 8 heteroatoms. The molecule has 0 aliphatic heterocycles. The van der Waals surface area contributed by atoms with Gasteiger partial charge in [0.05, 0.1) is 21.3 Å². The number of hydrogen-bond acceptors (Lipinski definition) is 2. The molecular weight excluding hydrogens is 362 g/mol. The third-order valence-corrected chi connectivity index (χ3v) is 3.94. The fraction of sp³-hybridized carbons (Fsp3) is 0.0625. The van der Waals surface area contributed by atoms with Crippen molar-refractivity contribution in [2.75, 3.05) is 5.73 Å². The minimum Gasteiger partial charge on any atom is -0.384 e. The zero-order chi connectivity index (χ0) is 17.5. The van der Waals surface area contributed by atoms with Crippen LogP contribution in [0.5, 0.6) is 0 Å². The second kappa shape index (κ2) is 6.03. The zero-order valence-corrected chi connectivity index (χ0v) is 13.5. The Hall–Kier alpha value is -2.18. The summed E-state index contributed by atoms with van der Waals surface area (Å²) in [6, 6.07) is 12.4. The Balaban J connectivity index is 2.12. The maximum absolute atomic E-state index is 12.8. The molecule has 24 heavy (non-hydrogen) atoms. The molecular formula is C16H10Cl2F3N3. The first-order valence-electron chi connectivity index (χ1n) is 6.75. The van der Waals surface area contributed by atoms with Crippen molar-refractivity contribution in [3.8, 4) is 16.9 Å². The third kappa shape index (κ3) is 3.07. The van der Waals surface area contributed by atoms with Crippen LogP contribution in [0.3, 0.4) is 0 Å². The van der Waals surface area contributed by atoms with Crippen molar-refractivity contribution >= 4 is 29.0 Å². The van der Waals surface area contributed by atoms with Crippen LogP contribution in [0.25, 0.3) is 16.9 Å². The Morgan fingerprint density at radius 3 is 2.08 bits per heavy atom. The standard InChI is InChI=1S/C16H10Cl2F3N3/c17-11-6-10(16(19,20)21)7-12(18)15(11)24-14(22)8-13(23-24)9-4-2-1-3-5-9/h1-8H,22H2. The maximum Gasteiger partial charge on any atom is 0.416 e. The quantitative estimate of drug-likeness (QED) is 0.650. The van der Waals surface area contributed by atoms with Crippen LogP contribution in [0.1, 0.15) is 5.56 Å². The van der Waals surface area contributed by atoms with E-state index in [4.69, 9.17) is 28.9 Å². The highest BCUT2D eigenvalue weighted by Gasteiger charge is 2.32. The molecule has 0 spiro atoms. The lowest BCUT2D eigenvalue weighted by Crippen LogP contribution is -2.08. The second-order valence-electron chi connectivity index (χ2n) is 5.02. The molecule has 1 aromatic heterocycles. The van der Waals surface area contributed by atoms with Gasteiger partial charge in [-0.1, -0.05) is 53.5 Å². The summed E-state index contributed by atoms with van der Waals surface area (Å²) < 4.78 is 39.7. The summed E-state index contributed by atoms with van der Waals surface area (Å²) in [6.45, 7) is 0. The van der Waals surface area contributed by atoms with Gasteiger partial charge in [0.25, 0.3) is 0 Å². The Morgan fingerprint density at radius 2 is 1.54 bits per heavy atom. The molecule has 3 rings (SSSR count). The first-order chi connectivity index (χ1) is 11.3. The topological polar surface area (TPSA) is 43.8 Å². The van der Waals surface area contributed by atoms with Crippen molar-refractivity contribution in [1.82, 2.24) is 9.78 Å². The van der Waals surface area contributed by atoms with Crippen LogP contribution in [0.15, 0.2) is 48.5 Å². The van der Waals surface area contributed by atoms with Crippen molar-refractivity contribution in [3.63, 3.8) is 0 Å². The van der Waals surface area contributed by atoms with Gasteiger partial charge in [0.15, 0.2) is 0 Å². The van der Waals surface area contributed by atoms with Crippen LogP contribution < -0.4 is 5.73 Å². The van der Waals surface area contributed by atoms with Crippen molar-refractivity contribution in [3.05, 3.63) is 64.1 Å². The summed E-state index contributed by atoms with van der Waals surface area (Å²) in [7, 11) is 0. The van der Waals surface area contributed by atoms with Crippen LogP contribution in [-0.4, -0.2) is 9.78 Å². The Bertz CT molecular complexity index is 866. The molecule has 0 unspecified atom stereocenters. The number of nitrogens with zero attached hydrogens (tertiary/aromatic N) is 2. The van der Waals surface area contributed by atoms with Gasteiger partial charge in [0.1, 0.15) is 11.5 Å². The second-order valence-corrected chi connectivity index (χ2v) is 5.83. The minimum absolute atomic E-state index is 0.103. The molecule has 0 aliphatic carbocycles. The van der Waals surface area contributed by atoms with Gasteiger partial charge in [-0.05, 0) is 12.1 Å². The lowest BCUT2D eigenvalue weighted by Gasteiger charge is -2.13. The first kappa shape index (κ1) is 16.7. The molecule has 124 valence electrons. The van der Waals surface area contributed by atoms with E-state index in [1.54, 1.807) is 6.07 Å². The summed E-state index contributed by atoms with van der Waals surface area (Å²) in [5.41, 5.74) is 6.46. The van der Waals surface area contributed by atoms with E-state index in [1.807, 2.05) is 30.3 Å². The van der Waals surface area contributed by atoms with E-state index >= 15 is 0 Å².